The summed E-state index contributed by atoms with van der Waals surface area (Å²) < 4.78 is 2.12. The summed E-state index contributed by atoms with van der Waals surface area (Å²) in [4.78, 5) is 14.9. The Labute approximate surface area is 316 Å². The van der Waals surface area contributed by atoms with Crippen molar-refractivity contribution in [2.45, 2.75) is 0 Å². The van der Waals surface area contributed by atoms with Crippen molar-refractivity contribution in [3.63, 3.8) is 0 Å². The number of hydrogen-bond donors (Lipinski definition) is 0. The van der Waals surface area contributed by atoms with Gasteiger partial charge < -0.3 is 0 Å². The molecule has 0 saturated carbocycles. The molecule has 0 atom stereocenters. The second-order valence-electron chi connectivity index (χ2n) is 13.9. The molecule has 4 aromatic heterocycles. The molecule has 11 aromatic rings. The molecule has 0 aliphatic rings. The first-order valence-corrected chi connectivity index (χ1v) is 18.5. The highest BCUT2D eigenvalue weighted by Gasteiger charge is 2.22. The van der Waals surface area contributed by atoms with Crippen molar-refractivity contribution >= 4 is 54.4 Å². The van der Waals surface area contributed by atoms with Crippen LogP contribution in [0.2, 0.25) is 0 Å². The predicted molar refractivity (Wildman–Crippen MR) is 226 cm³/mol. The molecule has 0 unspecified atom stereocenters. The van der Waals surface area contributed by atoms with Crippen LogP contribution in [0.15, 0.2) is 188 Å². The number of benzene rings is 7. The lowest BCUT2D eigenvalue weighted by molar-refractivity contribution is 0.918. The van der Waals surface area contributed by atoms with Gasteiger partial charge in [0.15, 0.2) is 0 Å². The predicted octanol–water partition coefficient (Wildman–Crippen LogP) is 12.5. The molecular formula is C50H31N5. The molecule has 0 N–H and O–H groups in total. The van der Waals surface area contributed by atoms with Gasteiger partial charge in [-0.3, -0.25) is 9.97 Å². The number of nitrogens with zero attached hydrogens (tertiary/aromatic N) is 5. The third-order valence-corrected chi connectivity index (χ3v) is 10.7. The fraction of sp³-hybridized carbons (Fsp3) is 0. The van der Waals surface area contributed by atoms with Gasteiger partial charge in [0.25, 0.3) is 0 Å². The number of aromatic nitrogens is 5. The van der Waals surface area contributed by atoms with E-state index in [2.05, 4.69) is 167 Å². The van der Waals surface area contributed by atoms with Gasteiger partial charge in [-0.15, -0.1) is 0 Å². The van der Waals surface area contributed by atoms with E-state index in [0.717, 1.165) is 105 Å². The molecule has 0 spiro atoms. The third-order valence-electron chi connectivity index (χ3n) is 10.7. The Balaban J connectivity index is 1.14. The fourth-order valence-electron chi connectivity index (χ4n) is 8.12. The third kappa shape index (κ3) is 5.09. The summed E-state index contributed by atoms with van der Waals surface area (Å²) in [6.45, 7) is 0. The largest absolute Gasteiger partial charge is 0.256 e. The van der Waals surface area contributed by atoms with E-state index in [-0.39, 0.29) is 0 Å². The maximum Gasteiger partial charge on any atom is 0.101 e. The minimum atomic E-state index is 0.895. The van der Waals surface area contributed by atoms with Crippen molar-refractivity contribution in [2.24, 2.45) is 0 Å². The van der Waals surface area contributed by atoms with Crippen LogP contribution in [0.1, 0.15) is 0 Å². The summed E-state index contributed by atoms with van der Waals surface area (Å²) in [5.41, 5.74) is 13.3. The van der Waals surface area contributed by atoms with E-state index in [1.807, 2.05) is 30.6 Å². The first-order chi connectivity index (χ1) is 27.3. The van der Waals surface area contributed by atoms with Gasteiger partial charge in [-0.2, -0.15) is 5.10 Å². The summed E-state index contributed by atoms with van der Waals surface area (Å²) >= 11 is 0. The highest BCUT2D eigenvalue weighted by atomic mass is 15.3. The van der Waals surface area contributed by atoms with Crippen molar-refractivity contribution in [2.75, 3.05) is 0 Å². The van der Waals surface area contributed by atoms with Crippen LogP contribution >= 0.6 is 0 Å². The average Bonchev–Trinajstić information content (AvgIpc) is 3.67. The van der Waals surface area contributed by atoms with Crippen LogP contribution in [0, 0.1) is 0 Å². The van der Waals surface area contributed by atoms with Gasteiger partial charge >= 0.3 is 0 Å². The molecule has 0 radical (unpaired) electrons. The fourth-order valence-corrected chi connectivity index (χ4v) is 8.12. The van der Waals surface area contributed by atoms with E-state index < -0.39 is 0 Å². The van der Waals surface area contributed by atoms with Crippen LogP contribution < -0.4 is 0 Å². The average molecular weight is 702 g/mol. The Hall–Kier alpha value is -7.50. The van der Waals surface area contributed by atoms with Gasteiger partial charge in [0.2, 0.25) is 0 Å². The Morgan fingerprint density at radius 2 is 1.07 bits per heavy atom. The number of hydrogen-bond acceptors (Lipinski definition) is 4. The number of rotatable bonds is 5. The summed E-state index contributed by atoms with van der Waals surface area (Å²) in [7, 11) is 0. The maximum absolute atomic E-state index is 5.36. The van der Waals surface area contributed by atoms with E-state index >= 15 is 0 Å². The lowest BCUT2D eigenvalue weighted by atomic mass is 9.91. The molecule has 0 aliphatic heterocycles. The van der Waals surface area contributed by atoms with Gasteiger partial charge in [-0.25, -0.2) is 9.67 Å². The number of para-hydroxylation sites is 1. The highest BCUT2D eigenvalue weighted by molar-refractivity contribution is 6.18. The Morgan fingerprint density at radius 1 is 0.400 bits per heavy atom. The molecule has 256 valence electrons. The van der Waals surface area contributed by atoms with Gasteiger partial charge in [-0.1, -0.05) is 133 Å². The topological polar surface area (TPSA) is 56.5 Å². The first kappa shape index (κ1) is 31.1. The lowest BCUT2D eigenvalue weighted by Crippen LogP contribution is -1.97. The molecule has 5 heteroatoms. The normalized spacial score (nSPS) is 11.6. The van der Waals surface area contributed by atoms with Crippen LogP contribution in [0.25, 0.3) is 105 Å². The molecule has 0 aliphatic carbocycles. The number of fused-ring (bicyclic) bond motifs is 7. The highest BCUT2D eigenvalue weighted by Crippen LogP contribution is 2.43. The second kappa shape index (κ2) is 12.6. The molecule has 11 rings (SSSR count). The SMILES string of the molecule is c1ccc(-c2cc3cc(-c4ccc(-c5ccc6ccc7cccnc7c6n5)c5cccnc45)ccc3c3c2c(-c2ccccc2)nn3-c2ccccc2)cc1. The van der Waals surface area contributed by atoms with Crippen molar-refractivity contribution in [3.8, 4) is 50.5 Å². The zero-order valence-corrected chi connectivity index (χ0v) is 29.6. The maximum atomic E-state index is 5.36. The molecular weight excluding hydrogens is 671 g/mol. The molecule has 5 nitrogen and oxygen atoms in total. The smallest absolute Gasteiger partial charge is 0.101 e. The summed E-state index contributed by atoms with van der Waals surface area (Å²) in [5.74, 6) is 0. The summed E-state index contributed by atoms with van der Waals surface area (Å²) in [5, 5.41) is 11.9. The van der Waals surface area contributed by atoms with E-state index in [1.54, 1.807) is 0 Å². The van der Waals surface area contributed by atoms with Gasteiger partial charge in [0.1, 0.15) is 5.69 Å². The van der Waals surface area contributed by atoms with Crippen molar-refractivity contribution in [1.29, 1.82) is 0 Å². The van der Waals surface area contributed by atoms with Gasteiger partial charge in [-0.05, 0) is 64.5 Å². The van der Waals surface area contributed by atoms with Crippen molar-refractivity contribution < 1.29 is 0 Å². The molecule has 0 bridgehead atoms. The van der Waals surface area contributed by atoms with E-state index in [9.17, 15) is 0 Å². The number of pyridine rings is 3. The van der Waals surface area contributed by atoms with Crippen LogP contribution in [0.3, 0.4) is 0 Å². The zero-order valence-electron chi connectivity index (χ0n) is 29.6. The van der Waals surface area contributed by atoms with E-state index in [0.29, 0.717) is 0 Å². The quantitative estimate of drug-likeness (QED) is 0.168. The van der Waals surface area contributed by atoms with Crippen molar-refractivity contribution in [3.05, 3.63) is 188 Å². The van der Waals surface area contributed by atoms with Crippen LogP contribution in [-0.2, 0) is 0 Å². The molecule has 0 amide bonds. The summed E-state index contributed by atoms with van der Waals surface area (Å²) in [6, 6.07) is 61.8. The van der Waals surface area contributed by atoms with Crippen LogP contribution in [0.5, 0.6) is 0 Å². The Morgan fingerprint density at radius 3 is 1.87 bits per heavy atom. The first-order valence-electron chi connectivity index (χ1n) is 18.5. The Kier molecular flexibility index (Phi) is 7.10. The standard InChI is InChI=1S/C50H31N5/c1-4-12-32(13-5-1)43-31-37-30-36(22-24-40(37)50-45(43)46(33-14-6-2-7-15-33)54-55(50)38-17-8-3-9-18-38)39-25-26-41(42-19-11-29-52-49(39)42)44-27-23-35-21-20-34-16-10-28-51-47(34)48(35)53-44/h1-31H. The molecule has 0 saturated heterocycles. The minimum Gasteiger partial charge on any atom is -0.256 e. The lowest BCUT2D eigenvalue weighted by Gasteiger charge is -2.14. The van der Waals surface area contributed by atoms with Gasteiger partial charge in [0.05, 0.1) is 33.4 Å². The Bertz CT molecular complexity index is 3250. The minimum absolute atomic E-state index is 0.895. The molecule has 0 fully saturated rings. The monoisotopic (exact) mass is 701 g/mol. The van der Waals surface area contributed by atoms with Crippen LogP contribution in [-0.4, -0.2) is 24.7 Å². The van der Waals surface area contributed by atoms with E-state index in [1.165, 1.54) is 0 Å². The van der Waals surface area contributed by atoms with Gasteiger partial charge in [0, 0.05) is 56.0 Å². The van der Waals surface area contributed by atoms with Crippen molar-refractivity contribution in [1.82, 2.24) is 24.7 Å². The summed E-state index contributed by atoms with van der Waals surface area (Å²) in [6.07, 6.45) is 3.71. The van der Waals surface area contributed by atoms with E-state index in [4.69, 9.17) is 15.1 Å². The zero-order chi connectivity index (χ0) is 36.3. The molecule has 55 heavy (non-hydrogen) atoms. The van der Waals surface area contributed by atoms with Crippen LogP contribution in [0.4, 0.5) is 0 Å². The molecule has 4 heterocycles. The second-order valence-corrected chi connectivity index (χ2v) is 13.9. The molecule has 7 aromatic carbocycles.